The van der Waals surface area contributed by atoms with E-state index in [0.29, 0.717) is 12.0 Å². The van der Waals surface area contributed by atoms with Gasteiger partial charge in [0.25, 0.3) is 0 Å². The number of hydrogen-bond acceptors (Lipinski definition) is 4. The molecule has 1 aliphatic rings. The third-order valence-electron chi connectivity index (χ3n) is 4.07. The molecule has 20 heavy (non-hydrogen) atoms. The Morgan fingerprint density at radius 1 is 1.30 bits per heavy atom. The van der Waals surface area contributed by atoms with Crippen molar-refractivity contribution in [3.63, 3.8) is 0 Å². The Balaban J connectivity index is 2.24. The molecule has 2 heterocycles. The number of hydrogen-bond donors (Lipinski definition) is 1. The van der Waals surface area contributed by atoms with Crippen LogP contribution in [0.2, 0.25) is 0 Å². The van der Waals surface area contributed by atoms with Gasteiger partial charge in [0.05, 0.1) is 5.69 Å². The number of nitrogens with zero attached hydrogens (tertiary/aromatic N) is 2. The molecule has 114 valence electrons. The first-order valence-electron chi connectivity index (χ1n) is 7.82. The highest BCUT2D eigenvalue weighted by atomic mass is 32.1. The third kappa shape index (κ3) is 3.34. The Morgan fingerprint density at radius 3 is 2.50 bits per heavy atom. The van der Waals surface area contributed by atoms with Gasteiger partial charge in [-0.1, -0.05) is 27.7 Å². The van der Waals surface area contributed by atoms with E-state index in [4.69, 9.17) is 4.98 Å². The predicted octanol–water partition coefficient (Wildman–Crippen LogP) is 4.14. The molecule has 0 bridgehead atoms. The number of anilines is 1. The van der Waals surface area contributed by atoms with E-state index < -0.39 is 0 Å². The highest BCUT2D eigenvalue weighted by molar-refractivity contribution is 7.15. The van der Waals surface area contributed by atoms with Crippen molar-refractivity contribution in [3.8, 4) is 0 Å². The summed E-state index contributed by atoms with van der Waals surface area (Å²) in [5.74, 6) is 0.495. The maximum absolute atomic E-state index is 4.97. The van der Waals surface area contributed by atoms with Crippen molar-refractivity contribution in [3.05, 3.63) is 10.6 Å². The lowest BCUT2D eigenvalue weighted by Gasteiger charge is -2.31. The molecule has 0 aliphatic carbocycles. The second-order valence-electron chi connectivity index (χ2n) is 7.06. The lowest BCUT2D eigenvalue weighted by Crippen LogP contribution is -2.38. The van der Waals surface area contributed by atoms with Gasteiger partial charge in [-0.05, 0) is 32.6 Å². The van der Waals surface area contributed by atoms with Gasteiger partial charge in [0.2, 0.25) is 0 Å². The molecule has 4 heteroatoms. The van der Waals surface area contributed by atoms with Crippen molar-refractivity contribution in [2.75, 3.05) is 11.4 Å². The Labute approximate surface area is 127 Å². The Morgan fingerprint density at radius 2 is 2.00 bits per heavy atom. The standard InChI is InChI=1S/C16H29N3S/c1-11(2)14-13(10-17-12(3)4)20-15(18-14)19-9-7-8-16(19,5)6/h11-12,17H,7-10H2,1-6H3. The second kappa shape index (κ2) is 6.02. The highest BCUT2D eigenvalue weighted by Crippen LogP contribution is 2.38. The van der Waals surface area contributed by atoms with Crippen molar-refractivity contribution < 1.29 is 0 Å². The van der Waals surface area contributed by atoms with Crippen LogP contribution in [0, 0.1) is 0 Å². The Hall–Kier alpha value is -0.610. The number of thiazole rings is 1. The zero-order chi connectivity index (χ0) is 14.9. The van der Waals surface area contributed by atoms with Crippen LogP contribution in [0.1, 0.15) is 70.9 Å². The van der Waals surface area contributed by atoms with E-state index in [1.165, 1.54) is 28.5 Å². The molecule has 0 saturated carbocycles. The summed E-state index contributed by atoms with van der Waals surface area (Å²) in [6.45, 7) is 15.6. The molecule has 3 nitrogen and oxygen atoms in total. The fraction of sp³-hybridized carbons (Fsp3) is 0.812. The Kier molecular flexibility index (Phi) is 4.75. The summed E-state index contributed by atoms with van der Waals surface area (Å²) < 4.78 is 0. The number of rotatable bonds is 5. The third-order valence-corrected chi connectivity index (χ3v) is 5.16. The zero-order valence-corrected chi connectivity index (χ0v) is 14.6. The number of nitrogens with one attached hydrogen (secondary N) is 1. The van der Waals surface area contributed by atoms with Crippen LogP contribution in [0.5, 0.6) is 0 Å². The van der Waals surface area contributed by atoms with Gasteiger partial charge in [-0.2, -0.15) is 0 Å². The molecule has 0 spiro atoms. The molecule has 0 atom stereocenters. The van der Waals surface area contributed by atoms with Crippen molar-refractivity contribution in [1.82, 2.24) is 10.3 Å². The molecule has 1 fully saturated rings. The zero-order valence-electron chi connectivity index (χ0n) is 13.8. The molecule has 0 unspecified atom stereocenters. The van der Waals surface area contributed by atoms with Crippen LogP contribution < -0.4 is 10.2 Å². The van der Waals surface area contributed by atoms with Gasteiger partial charge in [-0.25, -0.2) is 4.98 Å². The fourth-order valence-electron chi connectivity index (χ4n) is 2.80. The van der Waals surface area contributed by atoms with E-state index in [1.54, 1.807) is 0 Å². The van der Waals surface area contributed by atoms with Crippen LogP contribution in [0.4, 0.5) is 5.13 Å². The first-order chi connectivity index (χ1) is 9.31. The van der Waals surface area contributed by atoms with Crippen LogP contribution in [0.15, 0.2) is 0 Å². The summed E-state index contributed by atoms with van der Waals surface area (Å²) in [6.07, 6.45) is 2.55. The van der Waals surface area contributed by atoms with E-state index in [2.05, 4.69) is 51.8 Å². The first kappa shape index (κ1) is 15.8. The molecule has 0 aromatic carbocycles. The average Bonchev–Trinajstić information content (AvgIpc) is 2.89. The van der Waals surface area contributed by atoms with E-state index >= 15 is 0 Å². The van der Waals surface area contributed by atoms with E-state index in [1.807, 2.05) is 11.3 Å². The van der Waals surface area contributed by atoms with Crippen LogP contribution in [-0.2, 0) is 6.54 Å². The van der Waals surface area contributed by atoms with Gasteiger partial charge in [0.15, 0.2) is 5.13 Å². The minimum absolute atomic E-state index is 0.259. The molecule has 0 radical (unpaired) electrons. The summed E-state index contributed by atoms with van der Waals surface area (Å²) in [7, 11) is 0. The topological polar surface area (TPSA) is 28.2 Å². The molecule has 1 N–H and O–H groups in total. The van der Waals surface area contributed by atoms with Gasteiger partial charge >= 0.3 is 0 Å². The summed E-state index contributed by atoms with van der Waals surface area (Å²) in [6, 6.07) is 0.517. The molecular formula is C16H29N3S. The van der Waals surface area contributed by atoms with Crippen molar-refractivity contribution in [2.45, 2.75) is 78.4 Å². The predicted molar refractivity (Wildman–Crippen MR) is 88.8 cm³/mol. The molecule has 1 saturated heterocycles. The molecule has 1 aliphatic heterocycles. The maximum atomic E-state index is 4.97. The first-order valence-corrected chi connectivity index (χ1v) is 8.63. The molecular weight excluding hydrogens is 266 g/mol. The van der Waals surface area contributed by atoms with Crippen molar-refractivity contribution in [1.29, 1.82) is 0 Å². The molecule has 1 aromatic rings. The summed E-state index contributed by atoms with van der Waals surface area (Å²) in [5.41, 5.74) is 1.54. The van der Waals surface area contributed by atoms with E-state index in [9.17, 15) is 0 Å². The smallest absolute Gasteiger partial charge is 0.186 e. The summed E-state index contributed by atoms with van der Waals surface area (Å²) >= 11 is 1.88. The fourth-order valence-corrected chi connectivity index (χ4v) is 4.16. The van der Waals surface area contributed by atoms with Gasteiger partial charge in [0, 0.05) is 29.5 Å². The molecule has 1 aromatic heterocycles. The van der Waals surface area contributed by atoms with Crippen LogP contribution in [0.3, 0.4) is 0 Å². The maximum Gasteiger partial charge on any atom is 0.186 e. The van der Waals surface area contributed by atoms with Crippen molar-refractivity contribution in [2.24, 2.45) is 0 Å². The monoisotopic (exact) mass is 295 g/mol. The quantitative estimate of drug-likeness (QED) is 0.884. The minimum atomic E-state index is 0.259. The van der Waals surface area contributed by atoms with Crippen LogP contribution in [0.25, 0.3) is 0 Å². The summed E-state index contributed by atoms with van der Waals surface area (Å²) in [4.78, 5) is 8.88. The summed E-state index contributed by atoms with van der Waals surface area (Å²) in [5, 5.41) is 4.75. The molecule has 2 rings (SSSR count). The average molecular weight is 295 g/mol. The Bertz CT molecular complexity index is 449. The van der Waals surface area contributed by atoms with E-state index in [0.717, 1.165) is 13.1 Å². The lowest BCUT2D eigenvalue weighted by molar-refractivity contribution is 0.516. The second-order valence-corrected chi connectivity index (χ2v) is 8.12. The van der Waals surface area contributed by atoms with Gasteiger partial charge in [0.1, 0.15) is 0 Å². The normalized spacial score (nSPS) is 18.5. The highest BCUT2D eigenvalue weighted by Gasteiger charge is 2.34. The minimum Gasteiger partial charge on any atom is -0.343 e. The molecule has 0 amide bonds. The van der Waals surface area contributed by atoms with Crippen LogP contribution >= 0.6 is 11.3 Å². The van der Waals surface area contributed by atoms with Crippen molar-refractivity contribution >= 4 is 16.5 Å². The largest absolute Gasteiger partial charge is 0.343 e. The lowest BCUT2D eigenvalue weighted by atomic mass is 10.0. The SMILES string of the molecule is CC(C)NCc1sc(N2CCCC2(C)C)nc1C(C)C. The van der Waals surface area contributed by atoms with Gasteiger partial charge < -0.3 is 10.2 Å². The number of aromatic nitrogens is 1. The van der Waals surface area contributed by atoms with Gasteiger partial charge in [-0.15, -0.1) is 11.3 Å². The van der Waals surface area contributed by atoms with E-state index in [-0.39, 0.29) is 5.54 Å². The van der Waals surface area contributed by atoms with Crippen LogP contribution in [-0.4, -0.2) is 23.1 Å². The van der Waals surface area contributed by atoms with Gasteiger partial charge in [-0.3, -0.25) is 0 Å².